The Kier molecular flexibility index (Phi) is 37.7. The van der Waals surface area contributed by atoms with E-state index in [0.29, 0.717) is 12.8 Å². The number of carbonyl (C=O) groups is 2. The van der Waals surface area contributed by atoms with Crippen LogP contribution in [-0.2, 0) is 32.7 Å². The molecule has 0 spiro atoms. The second-order valence-corrected chi connectivity index (χ2v) is 14.9. The fourth-order valence-corrected chi connectivity index (χ4v) is 6.14. The second kappa shape index (κ2) is 39.4. The number of unbranched alkanes of at least 4 members (excludes halogenated alkanes) is 15. The van der Waals surface area contributed by atoms with Crippen molar-refractivity contribution in [2.45, 2.75) is 174 Å². The van der Waals surface area contributed by atoms with E-state index in [2.05, 4.69) is 68.5 Å². The fraction of sp³-hybridized carbons (Fsp3) is 0.721. The lowest BCUT2D eigenvalue weighted by atomic mass is 10.0. The Morgan fingerprint density at radius 2 is 1.04 bits per heavy atom. The molecular formula is C43H76NO8P. The van der Waals surface area contributed by atoms with Crippen LogP contribution in [0.1, 0.15) is 168 Å². The molecule has 306 valence electrons. The van der Waals surface area contributed by atoms with Crippen molar-refractivity contribution in [1.29, 1.82) is 0 Å². The summed E-state index contributed by atoms with van der Waals surface area (Å²) >= 11 is 0. The third kappa shape index (κ3) is 39.2. The number of hydrogen-bond donors (Lipinski definition) is 2. The van der Waals surface area contributed by atoms with Gasteiger partial charge in [0.25, 0.3) is 0 Å². The highest BCUT2D eigenvalue weighted by Crippen LogP contribution is 2.43. The summed E-state index contributed by atoms with van der Waals surface area (Å²) in [7, 11) is -4.39. The minimum absolute atomic E-state index is 0.0445. The molecular weight excluding hydrogens is 689 g/mol. The molecule has 1 unspecified atom stereocenters. The van der Waals surface area contributed by atoms with Crippen LogP contribution >= 0.6 is 7.82 Å². The van der Waals surface area contributed by atoms with E-state index in [1.807, 2.05) is 6.08 Å². The maximum Gasteiger partial charge on any atom is 0.472 e. The van der Waals surface area contributed by atoms with E-state index in [-0.39, 0.29) is 32.6 Å². The summed E-state index contributed by atoms with van der Waals surface area (Å²) in [5.74, 6) is -0.897. The molecule has 0 fully saturated rings. The molecule has 0 saturated heterocycles. The van der Waals surface area contributed by atoms with Crippen molar-refractivity contribution in [1.82, 2.24) is 0 Å². The number of rotatable bonds is 38. The number of allylic oxidation sites excluding steroid dienone is 10. The average Bonchev–Trinajstić information content (AvgIpc) is 3.14. The Labute approximate surface area is 323 Å². The van der Waals surface area contributed by atoms with Crippen molar-refractivity contribution in [3.63, 3.8) is 0 Å². The van der Waals surface area contributed by atoms with Crippen LogP contribution in [0.3, 0.4) is 0 Å². The van der Waals surface area contributed by atoms with Crippen LogP contribution in [0, 0.1) is 0 Å². The molecule has 2 atom stereocenters. The predicted octanol–water partition coefficient (Wildman–Crippen LogP) is 11.7. The number of phosphoric ester groups is 1. The summed E-state index contributed by atoms with van der Waals surface area (Å²) in [6, 6.07) is 0. The molecule has 3 N–H and O–H groups in total. The van der Waals surface area contributed by atoms with E-state index < -0.39 is 32.5 Å². The molecule has 0 aromatic carbocycles. The topological polar surface area (TPSA) is 134 Å². The van der Waals surface area contributed by atoms with E-state index >= 15 is 0 Å². The van der Waals surface area contributed by atoms with Crippen LogP contribution in [0.4, 0.5) is 0 Å². The number of ether oxygens (including phenoxy) is 2. The summed E-state index contributed by atoms with van der Waals surface area (Å²) in [5.41, 5.74) is 5.34. The Morgan fingerprint density at radius 3 is 1.53 bits per heavy atom. The molecule has 0 bridgehead atoms. The van der Waals surface area contributed by atoms with Crippen LogP contribution in [0.2, 0.25) is 0 Å². The zero-order valence-electron chi connectivity index (χ0n) is 33.5. The summed E-state index contributed by atoms with van der Waals surface area (Å²) in [5, 5.41) is 0. The highest BCUT2D eigenvalue weighted by molar-refractivity contribution is 7.47. The van der Waals surface area contributed by atoms with Gasteiger partial charge in [0.2, 0.25) is 0 Å². The molecule has 10 heteroatoms. The van der Waals surface area contributed by atoms with Gasteiger partial charge < -0.3 is 20.1 Å². The third-order valence-electron chi connectivity index (χ3n) is 8.42. The summed E-state index contributed by atoms with van der Waals surface area (Å²) < 4.78 is 32.7. The lowest BCUT2D eigenvalue weighted by molar-refractivity contribution is -0.161. The smallest absolute Gasteiger partial charge is 0.462 e. The molecule has 0 aliphatic carbocycles. The number of esters is 2. The number of hydrogen-bond acceptors (Lipinski definition) is 8. The van der Waals surface area contributed by atoms with Crippen LogP contribution in [-0.4, -0.2) is 49.3 Å². The zero-order chi connectivity index (χ0) is 38.9. The first-order chi connectivity index (χ1) is 25.8. The molecule has 0 radical (unpaired) electrons. The van der Waals surface area contributed by atoms with Gasteiger partial charge in [-0.2, -0.15) is 0 Å². The van der Waals surface area contributed by atoms with Gasteiger partial charge in [0.05, 0.1) is 13.2 Å². The van der Waals surface area contributed by atoms with Gasteiger partial charge >= 0.3 is 19.8 Å². The first kappa shape index (κ1) is 50.7. The van der Waals surface area contributed by atoms with E-state index in [1.165, 1.54) is 70.6 Å². The van der Waals surface area contributed by atoms with Crippen molar-refractivity contribution >= 4 is 19.8 Å². The van der Waals surface area contributed by atoms with E-state index in [4.69, 9.17) is 24.3 Å². The van der Waals surface area contributed by atoms with Crippen LogP contribution in [0.15, 0.2) is 60.8 Å². The van der Waals surface area contributed by atoms with Crippen molar-refractivity contribution in [3.05, 3.63) is 60.8 Å². The van der Waals surface area contributed by atoms with Crippen molar-refractivity contribution in [2.24, 2.45) is 5.73 Å². The number of phosphoric acid groups is 1. The highest BCUT2D eigenvalue weighted by atomic mass is 31.2. The van der Waals surface area contributed by atoms with Crippen LogP contribution in [0.25, 0.3) is 0 Å². The van der Waals surface area contributed by atoms with Crippen LogP contribution < -0.4 is 5.73 Å². The largest absolute Gasteiger partial charge is 0.472 e. The van der Waals surface area contributed by atoms with Crippen LogP contribution in [0.5, 0.6) is 0 Å². The summed E-state index contributed by atoms with van der Waals surface area (Å²) in [6.07, 6.45) is 45.4. The highest BCUT2D eigenvalue weighted by Gasteiger charge is 2.25. The summed E-state index contributed by atoms with van der Waals surface area (Å²) in [4.78, 5) is 34.8. The van der Waals surface area contributed by atoms with Gasteiger partial charge in [-0.15, -0.1) is 0 Å². The molecule has 0 aromatic rings. The minimum Gasteiger partial charge on any atom is -0.462 e. The van der Waals surface area contributed by atoms with Gasteiger partial charge in [0.1, 0.15) is 6.61 Å². The molecule has 0 saturated carbocycles. The van der Waals surface area contributed by atoms with E-state index in [0.717, 1.165) is 57.8 Å². The van der Waals surface area contributed by atoms with E-state index in [9.17, 15) is 19.0 Å². The van der Waals surface area contributed by atoms with Gasteiger partial charge in [0, 0.05) is 19.4 Å². The lowest BCUT2D eigenvalue weighted by Gasteiger charge is -2.19. The molecule has 0 aromatic heterocycles. The predicted molar refractivity (Wildman–Crippen MR) is 219 cm³/mol. The molecule has 9 nitrogen and oxygen atoms in total. The Balaban J connectivity index is 4.27. The first-order valence-corrected chi connectivity index (χ1v) is 22.3. The lowest BCUT2D eigenvalue weighted by Crippen LogP contribution is -2.29. The number of carbonyl (C=O) groups excluding carboxylic acids is 2. The average molecular weight is 766 g/mol. The molecule has 0 heterocycles. The van der Waals surface area contributed by atoms with Crippen molar-refractivity contribution in [3.8, 4) is 0 Å². The maximum absolute atomic E-state index is 12.6. The Bertz CT molecular complexity index is 1050. The monoisotopic (exact) mass is 766 g/mol. The molecule has 0 rings (SSSR count). The zero-order valence-corrected chi connectivity index (χ0v) is 34.4. The molecule has 53 heavy (non-hydrogen) atoms. The molecule has 0 amide bonds. The fourth-order valence-electron chi connectivity index (χ4n) is 5.38. The van der Waals surface area contributed by atoms with Gasteiger partial charge in [-0.05, 0) is 51.4 Å². The van der Waals surface area contributed by atoms with Gasteiger partial charge in [0.15, 0.2) is 6.10 Å². The molecule has 0 aliphatic rings. The van der Waals surface area contributed by atoms with Gasteiger partial charge in [-0.1, -0.05) is 164 Å². The van der Waals surface area contributed by atoms with Gasteiger partial charge in [-0.25, -0.2) is 4.57 Å². The Hall–Kier alpha value is -2.29. The third-order valence-corrected chi connectivity index (χ3v) is 9.40. The molecule has 0 aliphatic heterocycles. The van der Waals surface area contributed by atoms with Gasteiger partial charge in [-0.3, -0.25) is 18.6 Å². The second-order valence-electron chi connectivity index (χ2n) is 13.5. The Morgan fingerprint density at radius 1 is 0.585 bits per heavy atom. The normalized spacial score (nSPS) is 14.0. The SMILES string of the molecule is CC/C=C\C/C=C\C/C=C\C/C=C\C/C=C\CCCC(=O)OC[C@H](COP(=O)(O)OCCN)OC(=O)CCCCCCCCCCCCCCCCC. The first-order valence-electron chi connectivity index (χ1n) is 20.8. The van der Waals surface area contributed by atoms with E-state index in [1.54, 1.807) is 0 Å². The standard InChI is InChI=1S/C43H76NO8P/c1-3-5-7-9-11-13-15-17-19-20-22-23-25-27-29-31-33-35-42(45)49-39-41(40-51-53(47,48)50-38-37-44)52-43(46)36-34-32-30-28-26-24-21-18-16-14-12-10-8-6-4-2/h5,7,11,13,17,19,22-23,27,29,41H,3-4,6,8-10,12,14-16,18,20-21,24-26,28,30-40,44H2,1-2H3,(H,47,48)/b7-5-,13-11-,19-17-,23-22-,29-27-/t41-/m1/s1. The number of nitrogens with two attached hydrogens (primary N) is 1. The quantitative estimate of drug-likeness (QED) is 0.0272. The van der Waals surface area contributed by atoms with Crippen molar-refractivity contribution in [2.75, 3.05) is 26.4 Å². The maximum atomic E-state index is 12.6. The summed E-state index contributed by atoms with van der Waals surface area (Å²) in [6.45, 7) is 3.55. The minimum atomic E-state index is -4.39. The van der Waals surface area contributed by atoms with Crippen molar-refractivity contribution < 1.29 is 37.6 Å².